The number of carbonyl (C=O) groups is 1. The molecule has 1 aromatic rings. The predicted octanol–water partition coefficient (Wildman–Crippen LogP) is 2.81. The third-order valence-electron chi connectivity index (χ3n) is 2.84. The van der Waals surface area contributed by atoms with Crippen LogP contribution >= 0.6 is 11.6 Å². The van der Waals surface area contributed by atoms with Crippen LogP contribution < -0.4 is 9.64 Å². The molecular formula is C12H12ClF2NO2. The molecule has 0 saturated carbocycles. The Morgan fingerprint density at radius 3 is 2.94 bits per heavy atom. The van der Waals surface area contributed by atoms with Crippen LogP contribution in [0.15, 0.2) is 18.2 Å². The Balaban J connectivity index is 2.37. The monoisotopic (exact) mass is 275 g/mol. The third-order valence-corrected chi connectivity index (χ3v) is 3.07. The van der Waals surface area contributed by atoms with E-state index in [0.29, 0.717) is 30.6 Å². The minimum absolute atomic E-state index is 0.126. The van der Waals surface area contributed by atoms with E-state index in [4.69, 9.17) is 11.6 Å². The molecule has 0 atom stereocenters. The molecule has 2 rings (SSSR count). The predicted molar refractivity (Wildman–Crippen MR) is 64.5 cm³/mol. The lowest BCUT2D eigenvalue weighted by Gasteiger charge is -2.30. The maximum Gasteiger partial charge on any atom is 0.387 e. The normalized spacial score (nSPS) is 14.6. The fourth-order valence-electron chi connectivity index (χ4n) is 2.13. The maximum atomic E-state index is 12.3. The molecule has 1 aromatic carbocycles. The van der Waals surface area contributed by atoms with E-state index in [-0.39, 0.29) is 17.5 Å². The van der Waals surface area contributed by atoms with E-state index in [9.17, 15) is 13.6 Å². The van der Waals surface area contributed by atoms with Crippen molar-refractivity contribution in [3.05, 3.63) is 23.8 Å². The lowest BCUT2D eigenvalue weighted by Crippen LogP contribution is -2.36. The molecule has 1 aliphatic heterocycles. The van der Waals surface area contributed by atoms with Crippen molar-refractivity contribution in [1.29, 1.82) is 0 Å². The molecule has 18 heavy (non-hydrogen) atoms. The standard InChI is InChI=1S/C12H12ClF2NO2/c13-7-11(17)16-6-2-3-8-9(16)4-1-5-10(8)18-12(14)15/h1,4-5,12H,2-3,6-7H2. The van der Waals surface area contributed by atoms with Crippen molar-refractivity contribution in [1.82, 2.24) is 0 Å². The van der Waals surface area contributed by atoms with Crippen molar-refractivity contribution in [3.63, 3.8) is 0 Å². The summed E-state index contributed by atoms with van der Waals surface area (Å²) < 4.78 is 29.0. The Hall–Kier alpha value is -1.36. The number of fused-ring (bicyclic) bond motifs is 1. The van der Waals surface area contributed by atoms with Crippen LogP contribution in [0.4, 0.5) is 14.5 Å². The maximum absolute atomic E-state index is 12.3. The fourth-order valence-corrected chi connectivity index (χ4v) is 2.27. The number of hydrogen-bond acceptors (Lipinski definition) is 2. The third kappa shape index (κ3) is 2.56. The van der Waals surface area contributed by atoms with Gasteiger partial charge in [0.15, 0.2) is 0 Å². The summed E-state index contributed by atoms with van der Waals surface area (Å²) in [6.07, 6.45) is 1.32. The quantitative estimate of drug-likeness (QED) is 0.794. The van der Waals surface area contributed by atoms with E-state index in [1.54, 1.807) is 12.1 Å². The number of alkyl halides is 3. The van der Waals surface area contributed by atoms with E-state index in [0.717, 1.165) is 0 Å². The van der Waals surface area contributed by atoms with E-state index >= 15 is 0 Å². The van der Waals surface area contributed by atoms with Gasteiger partial charge in [0.2, 0.25) is 5.91 Å². The molecule has 6 heteroatoms. The van der Waals surface area contributed by atoms with Crippen LogP contribution in [0.1, 0.15) is 12.0 Å². The van der Waals surface area contributed by atoms with Crippen LogP contribution in [0.2, 0.25) is 0 Å². The number of hydrogen-bond donors (Lipinski definition) is 0. The van der Waals surface area contributed by atoms with Crippen molar-refractivity contribution in [2.75, 3.05) is 17.3 Å². The van der Waals surface area contributed by atoms with Gasteiger partial charge in [0.05, 0.1) is 5.69 Å². The molecule has 0 fully saturated rings. The molecule has 0 saturated heterocycles. The van der Waals surface area contributed by atoms with Crippen LogP contribution in [0.3, 0.4) is 0 Å². The summed E-state index contributed by atoms with van der Waals surface area (Å²) in [4.78, 5) is 13.2. The van der Waals surface area contributed by atoms with E-state index in [1.165, 1.54) is 11.0 Å². The number of rotatable bonds is 3. The molecule has 3 nitrogen and oxygen atoms in total. The molecule has 1 amide bonds. The number of anilines is 1. The summed E-state index contributed by atoms with van der Waals surface area (Å²) in [6.45, 7) is -2.31. The largest absolute Gasteiger partial charge is 0.434 e. The topological polar surface area (TPSA) is 29.5 Å². The Bertz CT molecular complexity index is 454. The Kier molecular flexibility index (Phi) is 4.01. The Morgan fingerprint density at radius 1 is 1.50 bits per heavy atom. The van der Waals surface area contributed by atoms with Crippen molar-refractivity contribution in [2.24, 2.45) is 0 Å². The van der Waals surface area contributed by atoms with Gasteiger partial charge in [-0.25, -0.2) is 0 Å². The zero-order valence-corrected chi connectivity index (χ0v) is 10.3. The van der Waals surface area contributed by atoms with E-state index < -0.39 is 6.61 Å². The van der Waals surface area contributed by atoms with Crippen molar-refractivity contribution >= 4 is 23.2 Å². The summed E-state index contributed by atoms with van der Waals surface area (Å²) >= 11 is 5.53. The average molecular weight is 276 g/mol. The second kappa shape index (κ2) is 5.52. The summed E-state index contributed by atoms with van der Waals surface area (Å²) in [6, 6.07) is 4.80. The number of amides is 1. The van der Waals surface area contributed by atoms with Gasteiger partial charge in [0.25, 0.3) is 0 Å². The number of carbonyl (C=O) groups excluding carboxylic acids is 1. The lowest BCUT2D eigenvalue weighted by atomic mass is 10.0. The molecule has 0 N–H and O–H groups in total. The first-order valence-corrected chi connectivity index (χ1v) is 6.10. The lowest BCUT2D eigenvalue weighted by molar-refractivity contribution is -0.116. The van der Waals surface area contributed by atoms with Gasteiger partial charge in [0.1, 0.15) is 11.6 Å². The minimum Gasteiger partial charge on any atom is -0.434 e. The highest BCUT2D eigenvalue weighted by Gasteiger charge is 2.24. The van der Waals surface area contributed by atoms with Gasteiger partial charge in [-0.15, -0.1) is 11.6 Å². The average Bonchev–Trinajstić information content (AvgIpc) is 2.37. The van der Waals surface area contributed by atoms with Crippen LogP contribution in [0.5, 0.6) is 5.75 Å². The summed E-state index contributed by atoms with van der Waals surface area (Å²) in [5.41, 5.74) is 1.26. The highest BCUT2D eigenvalue weighted by atomic mass is 35.5. The molecule has 0 spiro atoms. The van der Waals surface area contributed by atoms with Crippen molar-refractivity contribution in [3.8, 4) is 5.75 Å². The second-order valence-electron chi connectivity index (χ2n) is 3.91. The van der Waals surface area contributed by atoms with Crippen LogP contribution in [-0.4, -0.2) is 24.9 Å². The molecular weight excluding hydrogens is 264 g/mol. The van der Waals surface area contributed by atoms with Gasteiger partial charge in [-0.05, 0) is 25.0 Å². The van der Waals surface area contributed by atoms with Crippen LogP contribution in [-0.2, 0) is 11.2 Å². The van der Waals surface area contributed by atoms with Gasteiger partial charge in [0, 0.05) is 12.1 Å². The van der Waals surface area contributed by atoms with Gasteiger partial charge in [-0.1, -0.05) is 6.07 Å². The van der Waals surface area contributed by atoms with Gasteiger partial charge in [-0.2, -0.15) is 8.78 Å². The molecule has 0 bridgehead atoms. The Morgan fingerprint density at radius 2 is 2.28 bits per heavy atom. The highest BCUT2D eigenvalue weighted by molar-refractivity contribution is 6.29. The van der Waals surface area contributed by atoms with Crippen molar-refractivity contribution < 1.29 is 18.3 Å². The van der Waals surface area contributed by atoms with E-state index in [1.807, 2.05) is 0 Å². The molecule has 1 heterocycles. The van der Waals surface area contributed by atoms with Gasteiger partial charge >= 0.3 is 6.61 Å². The molecule has 0 aliphatic carbocycles. The smallest absolute Gasteiger partial charge is 0.387 e. The van der Waals surface area contributed by atoms with E-state index in [2.05, 4.69) is 4.74 Å². The molecule has 1 aliphatic rings. The summed E-state index contributed by atoms with van der Waals surface area (Å²) in [7, 11) is 0. The van der Waals surface area contributed by atoms with Gasteiger partial charge < -0.3 is 9.64 Å². The molecule has 0 radical (unpaired) electrons. The zero-order chi connectivity index (χ0) is 13.1. The summed E-state index contributed by atoms with van der Waals surface area (Å²) in [5, 5.41) is 0. The first kappa shape index (κ1) is 13.1. The summed E-state index contributed by atoms with van der Waals surface area (Å²) in [5.74, 6) is -0.222. The molecule has 98 valence electrons. The number of nitrogens with zero attached hydrogens (tertiary/aromatic N) is 1. The molecule has 0 unspecified atom stereocenters. The van der Waals surface area contributed by atoms with Gasteiger partial charge in [-0.3, -0.25) is 4.79 Å². The Labute approximate surface area is 108 Å². The van der Waals surface area contributed by atoms with Crippen LogP contribution in [0.25, 0.3) is 0 Å². The minimum atomic E-state index is -2.87. The van der Waals surface area contributed by atoms with Crippen molar-refractivity contribution in [2.45, 2.75) is 19.5 Å². The fraction of sp³-hybridized carbons (Fsp3) is 0.417. The second-order valence-corrected chi connectivity index (χ2v) is 4.18. The number of ether oxygens (including phenoxy) is 1. The highest BCUT2D eigenvalue weighted by Crippen LogP contribution is 2.35. The number of halogens is 3. The molecule has 0 aromatic heterocycles. The zero-order valence-electron chi connectivity index (χ0n) is 9.54. The first-order valence-electron chi connectivity index (χ1n) is 5.56. The number of benzene rings is 1. The SMILES string of the molecule is O=C(CCl)N1CCCc2c(OC(F)F)cccc21. The van der Waals surface area contributed by atoms with Crippen LogP contribution in [0, 0.1) is 0 Å². The first-order chi connectivity index (χ1) is 8.63.